The first-order valence-electron chi connectivity index (χ1n) is 4.43. The Morgan fingerprint density at radius 2 is 2.38 bits per heavy atom. The highest BCUT2D eigenvalue weighted by atomic mass is 32.1. The summed E-state index contributed by atoms with van der Waals surface area (Å²) in [6.45, 7) is 0. The van der Waals surface area contributed by atoms with E-state index in [9.17, 15) is 0 Å². The van der Waals surface area contributed by atoms with Crippen molar-refractivity contribution in [1.82, 2.24) is 9.97 Å². The van der Waals surface area contributed by atoms with Crippen molar-refractivity contribution in [3.63, 3.8) is 0 Å². The highest BCUT2D eigenvalue weighted by Crippen LogP contribution is 2.06. The molecule has 0 unspecified atom stereocenters. The first kappa shape index (κ1) is 10.3. The summed E-state index contributed by atoms with van der Waals surface area (Å²) >= 11 is 1.40. The Balaban J connectivity index is 2.18. The zero-order valence-corrected chi connectivity index (χ0v) is 8.98. The van der Waals surface area contributed by atoms with E-state index in [-0.39, 0.29) is 0 Å². The highest BCUT2D eigenvalue weighted by Gasteiger charge is 1.95. The molecule has 2 aromatic rings. The van der Waals surface area contributed by atoms with Crippen molar-refractivity contribution in [2.24, 2.45) is 5.16 Å². The molecule has 0 aliphatic heterocycles. The number of hydrogen-bond donors (Lipinski definition) is 1. The van der Waals surface area contributed by atoms with E-state index >= 15 is 0 Å². The van der Waals surface area contributed by atoms with Crippen LogP contribution in [-0.4, -0.2) is 21.4 Å². The maximum atomic E-state index is 8.33. The number of pyridine rings is 1. The zero-order chi connectivity index (χ0) is 11.2. The Labute approximate surface area is 96.3 Å². The quantitative estimate of drug-likeness (QED) is 0.351. The summed E-state index contributed by atoms with van der Waals surface area (Å²) in [6.07, 6.45) is 4.66. The molecule has 0 saturated heterocycles. The van der Waals surface area contributed by atoms with Crippen LogP contribution in [0.3, 0.4) is 0 Å². The molecule has 0 spiro atoms. The van der Waals surface area contributed by atoms with Crippen LogP contribution >= 0.6 is 11.3 Å². The fourth-order valence-corrected chi connectivity index (χ4v) is 1.64. The van der Waals surface area contributed by atoms with Gasteiger partial charge in [0.15, 0.2) is 5.01 Å². The highest BCUT2D eigenvalue weighted by molar-refractivity contribution is 7.10. The molecule has 0 fully saturated rings. The Kier molecular flexibility index (Phi) is 3.26. The molecule has 0 aliphatic rings. The number of oxime groups is 1. The molecule has 2 rings (SSSR count). The van der Waals surface area contributed by atoms with E-state index in [1.165, 1.54) is 17.6 Å². The molecule has 0 amide bonds. The molecule has 0 saturated carbocycles. The molecule has 2 aromatic heterocycles. The second kappa shape index (κ2) is 5.05. The number of thiazole rings is 1. The van der Waals surface area contributed by atoms with Gasteiger partial charge in [0.25, 0.3) is 0 Å². The van der Waals surface area contributed by atoms with Gasteiger partial charge in [-0.3, -0.25) is 4.98 Å². The van der Waals surface area contributed by atoms with Crippen molar-refractivity contribution in [1.29, 1.82) is 0 Å². The monoisotopic (exact) mass is 229 g/mol. The van der Waals surface area contributed by atoms with Gasteiger partial charge in [-0.05, 0) is 18.1 Å². The number of aromatic nitrogens is 2. The molecule has 78 valence electrons. The minimum absolute atomic E-state index is 0.600. The van der Waals surface area contributed by atoms with Gasteiger partial charge in [-0.1, -0.05) is 11.1 Å². The molecular weight excluding hydrogens is 222 g/mol. The van der Waals surface area contributed by atoms with Gasteiger partial charge in [0, 0.05) is 23.3 Å². The lowest BCUT2D eigenvalue weighted by Gasteiger charge is -1.84. The van der Waals surface area contributed by atoms with Gasteiger partial charge in [0.2, 0.25) is 0 Å². The van der Waals surface area contributed by atoms with Gasteiger partial charge in [0.1, 0.15) is 0 Å². The van der Waals surface area contributed by atoms with Crippen LogP contribution in [0.5, 0.6) is 0 Å². The van der Waals surface area contributed by atoms with E-state index in [0.29, 0.717) is 10.7 Å². The predicted octanol–water partition coefficient (Wildman–Crippen LogP) is 1.75. The Morgan fingerprint density at radius 1 is 1.44 bits per heavy atom. The van der Waals surface area contributed by atoms with Gasteiger partial charge in [0.05, 0.1) is 11.9 Å². The molecule has 0 atom stereocenters. The molecule has 1 N–H and O–H groups in total. The second-order valence-electron chi connectivity index (χ2n) is 2.81. The summed E-state index contributed by atoms with van der Waals surface area (Å²) in [5.74, 6) is 5.86. The van der Waals surface area contributed by atoms with E-state index in [0.717, 1.165) is 5.56 Å². The summed E-state index contributed by atoms with van der Waals surface area (Å²) in [5.41, 5.74) is 1.44. The van der Waals surface area contributed by atoms with Crippen molar-refractivity contribution in [3.8, 4) is 11.8 Å². The SMILES string of the molecule is ON=Cc1csc(C#Cc2cccnc2)n1. The van der Waals surface area contributed by atoms with Gasteiger partial charge >= 0.3 is 0 Å². The Hall–Kier alpha value is -2.19. The number of hydrogen-bond acceptors (Lipinski definition) is 5. The average molecular weight is 229 g/mol. The van der Waals surface area contributed by atoms with Crippen LogP contribution in [-0.2, 0) is 0 Å². The first-order valence-corrected chi connectivity index (χ1v) is 5.31. The standard InChI is InChI=1S/C11H7N3OS/c15-13-7-10-8-16-11(14-10)4-3-9-2-1-5-12-6-9/h1-2,5-8,15H. The summed E-state index contributed by atoms with van der Waals surface area (Å²) < 4.78 is 0. The Morgan fingerprint density at radius 3 is 3.12 bits per heavy atom. The largest absolute Gasteiger partial charge is 0.411 e. The maximum absolute atomic E-state index is 8.33. The molecule has 0 radical (unpaired) electrons. The van der Waals surface area contributed by atoms with Gasteiger partial charge < -0.3 is 5.21 Å². The van der Waals surface area contributed by atoms with Crippen molar-refractivity contribution < 1.29 is 5.21 Å². The summed E-state index contributed by atoms with van der Waals surface area (Å²) in [5, 5.41) is 13.7. The minimum Gasteiger partial charge on any atom is -0.411 e. The number of nitrogens with zero attached hydrogens (tertiary/aromatic N) is 3. The molecule has 4 nitrogen and oxygen atoms in total. The van der Waals surface area contributed by atoms with Crippen molar-refractivity contribution in [2.45, 2.75) is 0 Å². The van der Waals surface area contributed by atoms with Crippen LogP contribution in [0.25, 0.3) is 0 Å². The second-order valence-corrected chi connectivity index (χ2v) is 3.67. The third-order valence-corrected chi connectivity index (χ3v) is 2.46. The van der Waals surface area contributed by atoms with E-state index < -0.39 is 0 Å². The van der Waals surface area contributed by atoms with Crippen LogP contribution in [0, 0.1) is 11.8 Å². The first-order chi connectivity index (χ1) is 7.88. The minimum atomic E-state index is 0.600. The Bertz CT molecular complexity index is 551. The summed E-state index contributed by atoms with van der Waals surface area (Å²) in [4.78, 5) is 8.09. The predicted molar refractivity (Wildman–Crippen MR) is 61.7 cm³/mol. The van der Waals surface area contributed by atoms with Crippen molar-refractivity contribution >= 4 is 17.6 Å². The van der Waals surface area contributed by atoms with Crippen molar-refractivity contribution in [3.05, 3.63) is 46.2 Å². The fraction of sp³-hybridized carbons (Fsp3) is 0. The lowest BCUT2D eigenvalue weighted by molar-refractivity contribution is 0.321. The smallest absolute Gasteiger partial charge is 0.167 e. The van der Waals surface area contributed by atoms with E-state index in [4.69, 9.17) is 5.21 Å². The van der Waals surface area contributed by atoms with Crippen LogP contribution in [0.1, 0.15) is 16.3 Å². The average Bonchev–Trinajstić information content (AvgIpc) is 2.76. The third kappa shape index (κ3) is 2.65. The molecule has 5 heteroatoms. The van der Waals surface area contributed by atoms with Gasteiger partial charge in [-0.25, -0.2) is 4.98 Å². The van der Waals surface area contributed by atoms with E-state index in [2.05, 4.69) is 27.0 Å². The third-order valence-electron chi connectivity index (χ3n) is 1.69. The summed E-state index contributed by atoms with van der Waals surface area (Å²) in [6, 6.07) is 3.71. The van der Waals surface area contributed by atoms with Gasteiger partial charge in [-0.15, -0.1) is 11.3 Å². The summed E-state index contributed by atoms with van der Waals surface area (Å²) in [7, 11) is 0. The lowest BCUT2D eigenvalue weighted by atomic mass is 10.3. The van der Waals surface area contributed by atoms with E-state index in [1.54, 1.807) is 17.8 Å². The van der Waals surface area contributed by atoms with Crippen LogP contribution in [0.2, 0.25) is 0 Å². The molecule has 0 bridgehead atoms. The van der Waals surface area contributed by atoms with Crippen LogP contribution in [0.15, 0.2) is 35.1 Å². The zero-order valence-electron chi connectivity index (χ0n) is 8.16. The number of rotatable bonds is 1. The maximum Gasteiger partial charge on any atom is 0.167 e. The van der Waals surface area contributed by atoms with Crippen LogP contribution < -0.4 is 0 Å². The van der Waals surface area contributed by atoms with Crippen LogP contribution in [0.4, 0.5) is 0 Å². The van der Waals surface area contributed by atoms with Crippen molar-refractivity contribution in [2.75, 3.05) is 0 Å². The molecule has 2 heterocycles. The lowest BCUT2D eigenvalue weighted by Crippen LogP contribution is -1.81. The fourth-order valence-electron chi connectivity index (χ4n) is 1.02. The molecule has 0 aliphatic carbocycles. The van der Waals surface area contributed by atoms with Gasteiger partial charge in [-0.2, -0.15) is 0 Å². The van der Waals surface area contributed by atoms with E-state index in [1.807, 2.05) is 12.1 Å². The normalized spacial score (nSPS) is 10.0. The molecular formula is C11H7N3OS. The molecule has 0 aromatic carbocycles. The topological polar surface area (TPSA) is 58.4 Å². The molecule has 16 heavy (non-hydrogen) atoms.